The van der Waals surface area contributed by atoms with E-state index >= 15 is 0 Å². The summed E-state index contributed by atoms with van der Waals surface area (Å²) in [6.07, 6.45) is 2.35. The van der Waals surface area contributed by atoms with Crippen molar-refractivity contribution in [3.05, 3.63) is 58.2 Å². The molecule has 8 heteroatoms. The molecule has 0 aromatic heterocycles. The highest BCUT2D eigenvalue weighted by Gasteiger charge is 2.37. The smallest absolute Gasteiger partial charge is 0.224 e. The molecular formula is C25H29F2N3O3. The molecular weight excluding hydrogens is 428 g/mol. The maximum absolute atomic E-state index is 13.8. The molecule has 1 amide bonds. The lowest BCUT2D eigenvalue weighted by Crippen LogP contribution is -2.53. The van der Waals surface area contributed by atoms with Gasteiger partial charge in [0, 0.05) is 44.6 Å². The fraction of sp³-hybridized carbons (Fsp3) is 0.480. The number of carbonyl (C=O) groups is 1. The predicted octanol–water partition coefficient (Wildman–Crippen LogP) is 2.87. The number of benzene rings is 2. The van der Waals surface area contributed by atoms with E-state index in [9.17, 15) is 18.7 Å². The van der Waals surface area contributed by atoms with Crippen LogP contribution < -0.4 is 10.5 Å². The van der Waals surface area contributed by atoms with Gasteiger partial charge < -0.3 is 20.5 Å². The Kier molecular flexibility index (Phi) is 5.74. The standard InChI is InChI=1S/C25H29F2N3O3/c1-33-24-11-18-15(9-23(24)31)4-5-29-6-7-30(13-22(18)29)25(32)12-21(28)16-3-2-14-8-19(26)20(27)10-17(14)16/h8-11,16,21-22,31H,2-7,12-13,28H2,1H3. The molecule has 1 fully saturated rings. The van der Waals surface area contributed by atoms with Crippen molar-refractivity contribution in [2.45, 2.75) is 43.7 Å². The van der Waals surface area contributed by atoms with Crippen LogP contribution >= 0.6 is 0 Å². The van der Waals surface area contributed by atoms with Crippen molar-refractivity contribution in [3.8, 4) is 11.5 Å². The Morgan fingerprint density at radius 3 is 2.67 bits per heavy atom. The van der Waals surface area contributed by atoms with Crippen LogP contribution in [-0.2, 0) is 17.6 Å². The summed E-state index contributed by atoms with van der Waals surface area (Å²) in [6.45, 7) is 2.83. The minimum absolute atomic E-state index is 0.0175. The molecule has 0 radical (unpaired) electrons. The van der Waals surface area contributed by atoms with E-state index in [2.05, 4.69) is 4.90 Å². The second-order valence-electron chi connectivity index (χ2n) is 9.34. The quantitative estimate of drug-likeness (QED) is 0.738. The van der Waals surface area contributed by atoms with Gasteiger partial charge in [-0.1, -0.05) is 0 Å². The Bertz CT molecular complexity index is 1090. The van der Waals surface area contributed by atoms with E-state index in [1.165, 1.54) is 19.2 Å². The summed E-state index contributed by atoms with van der Waals surface area (Å²) >= 11 is 0. The van der Waals surface area contributed by atoms with Crippen LogP contribution in [0.3, 0.4) is 0 Å². The third-order valence-electron chi connectivity index (χ3n) is 7.55. The molecule has 0 spiro atoms. The molecule has 5 rings (SSSR count). The second-order valence-corrected chi connectivity index (χ2v) is 9.34. The molecule has 6 nitrogen and oxygen atoms in total. The van der Waals surface area contributed by atoms with E-state index in [1.807, 2.05) is 11.0 Å². The number of aromatic hydroxyl groups is 1. The van der Waals surface area contributed by atoms with E-state index < -0.39 is 17.7 Å². The number of piperazine rings is 1. The zero-order valence-corrected chi connectivity index (χ0v) is 18.7. The first kappa shape index (κ1) is 22.1. The number of rotatable bonds is 4. The number of amides is 1. The first-order valence-corrected chi connectivity index (χ1v) is 11.5. The van der Waals surface area contributed by atoms with Gasteiger partial charge in [-0.25, -0.2) is 8.78 Å². The van der Waals surface area contributed by atoms with Crippen LogP contribution in [0.1, 0.15) is 47.1 Å². The highest BCUT2D eigenvalue weighted by Crippen LogP contribution is 2.40. The van der Waals surface area contributed by atoms with Crippen molar-refractivity contribution >= 4 is 5.91 Å². The van der Waals surface area contributed by atoms with E-state index in [4.69, 9.17) is 10.5 Å². The number of phenols is 1. The summed E-state index contributed by atoms with van der Waals surface area (Å²) in [4.78, 5) is 17.4. The number of nitrogens with two attached hydrogens (primary N) is 1. The Labute approximate surface area is 191 Å². The summed E-state index contributed by atoms with van der Waals surface area (Å²) < 4.78 is 32.7. The lowest BCUT2D eigenvalue weighted by atomic mass is 9.89. The van der Waals surface area contributed by atoms with Crippen LogP contribution in [0.15, 0.2) is 24.3 Å². The molecule has 3 atom stereocenters. The number of hydrogen-bond acceptors (Lipinski definition) is 5. The summed E-state index contributed by atoms with van der Waals surface area (Å²) in [6, 6.07) is 5.74. The fourth-order valence-electron chi connectivity index (χ4n) is 5.74. The summed E-state index contributed by atoms with van der Waals surface area (Å²) in [7, 11) is 1.53. The summed E-state index contributed by atoms with van der Waals surface area (Å²) in [5.41, 5.74) is 10.1. The first-order chi connectivity index (χ1) is 15.9. The molecule has 0 bridgehead atoms. The molecule has 2 aromatic carbocycles. The van der Waals surface area contributed by atoms with Gasteiger partial charge in [-0.3, -0.25) is 9.69 Å². The number of fused-ring (bicyclic) bond motifs is 4. The van der Waals surface area contributed by atoms with E-state index in [-0.39, 0.29) is 30.0 Å². The lowest BCUT2D eigenvalue weighted by molar-refractivity contribution is -0.135. The van der Waals surface area contributed by atoms with Crippen LogP contribution in [0.5, 0.6) is 11.5 Å². The number of carbonyl (C=O) groups excluding carboxylic acids is 1. The van der Waals surface area contributed by atoms with Gasteiger partial charge in [-0.15, -0.1) is 0 Å². The number of methoxy groups -OCH3 is 1. The minimum Gasteiger partial charge on any atom is -0.504 e. The molecule has 3 unspecified atom stereocenters. The maximum Gasteiger partial charge on any atom is 0.224 e. The average Bonchev–Trinajstić information content (AvgIpc) is 3.20. The SMILES string of the molecule is COc1cc2c(cc1O)CCN1CCN(C(=O)CC(N)C3CCc4cc(F)c(F)cc43)CC21. The van der Waals surface area contributed by atoms with Crippen molar-refractivity contribution < 1.29 is 23.4 Å². The third kappa shape index (κ3) is 3.95. The number of halogens is 2. The van der Waals surface area contributed by atoms with Crippen molar-refractivity contribution in [3.63, 3.8) is 0 Å². The number of ether oxygens (including phenoxy) is 1. The lowest BCUT2D eigenvalue weighted by Gasteiger charge is -2.45. The number of aryl methyl sites for hydroxylation is 1. The zero-order valence-electron chi connectivity index (χ0n) is 18.7. The fourth-order valence-corrected chi connectivity index (χ4v) is 5.74. The molecule has 2 aliphatic heterocycles. The van der Waals surface area contributed by atoms with Crippen LogP contribution in [0.4, 0.5) is 8.78 Å². The zero-order chi connectivity index (χ0) is 23.3. The van der Waals surface area contributed by atoms with Crippen LogP contribution in [0.25, 0.3) is 0 Å². The van der Waals surface area contributed by atoms with Gasteiger partial charge in [0.05, 0.1) is 13.2 Å². The second kappa shape index (κ2) is 8.57. The number of nitrogens with zero attached hydrogens (tertiary/aromatic N) is 2. The van der Waals surface area contributed by atoms with E-state index in [0.717, 1.165) is 41.8 Å². The molecule has 176 valence electrons. The van der Waals surface area contributed by atoms with Gasteiger partial charge in [-0.05, 0) is 65.8 Å². The molecule has 3 aliphatic rings. The van der Waals surface area contributed by atoms with Crippen molar-refractivity contribution in [2.75, 3.05) is 33.3 Å². The van der Waals surface area contributed by atoms with Crippen molar-refractivity contribution in [2.24, 2.45) is 5.73 Å². The Morgan fingerprint density at radius 1 is 1.12 bits per heavy atom. The Hall–Kier alpha value is -2.71. The average molecular weight is 458 g/mol. The molecule has 2 aromatic rings. The van der Waals surface area contributed by atoms with Gasteiger partial charge in [-0.2, -0.15) is 0 Å². The Morgan fingerprint density at radius 2 is 1.88 bits per heavy atom. The largest absolute Gasteiger partial charge is 0.504 e. The predicted molar refractivity (Wildman–Crippen MR) is 119 cm³/mol. The van der Waals surface area contributed by atoms with Gasteiger partial charge >= 0.3 is 0 Å². The molecule has 1 saturated heterocycles. The van der Waals surface area contributed by atoms with E-state index in [1.54, 1.807) is 6.07 Å². The number of hydrogen-bond donors (Lipinski definition) is 2. The van der Waals surface area contributed by atoms with Gasteiger partial charge in [0.25, 0.3) is 0 Å². The van der Waals surface area contributed by atoms with Gasteiger partial charge in [0.1, 0.15) is 0 Å². The van der Waals surface area contributed by atoms with Crippen molar-refractivity contribution in [1.82, 2.24) is 9.80 Å². The minimum atomic E-state index is -0.868. The van der Waals surface area contributed by atoms with Crippen LogP contribution in [-0.4, -0.2) is 60.1 Å². The van der Waals surface area contributed by atoms with Gasteiger partial charge in [0.15, 0.2) is 23.1 Å². The summed E-state index contributed by atoms with van der Waals surface area (Å²) in [5.74, 6) is -1.31. The highest BCUT2D eigenvalue weighted by atomic mass is 19.2. The highest BCUT2D eigenvalue weighted by molar-refractivity contribution is 5.77. The number of phenolic OH excluding ortho intramolecular Hbond substituents is 1. The molecule has 3 N–H and O–H groups in total. The van der Waals surface area contributed by atoms with Crippen LogP contribution in [0, 0.1) is 11.6 Å². The summed E-state index contributed by atoms with van der Waals surface area (Å²) in [5, 5.41) is 10.1. The first-order valence-electron chi connectivity index (χ1n) is 11.5. The molecule has 2 heterocycles. The maximum atomic E-state index is 13.8. The van der Waals surface area contributed by atoms with Crippen molar-refractivity contribution in [1.29, 1.82) is 0 Å². The molecule has 33 heavy (non-hydrogen) atoms. The normalized spacial score (nSPS) is 23.0. The topological polar surface area (TPSA) is 79.0 Å². The monoisotopic (exact) mass is 457 g/mol. The molecule has 1 aliphatic carbocycles. The molecule has 0 saturated carbocycles. The Balaban J connectivity index is 1.30. The third-order valence-corrected chi connectivity index (χ3v) is 7.55. The van der Waals surface area contributed by atoms with E-state index in [0.29, 0.717) is 31.7 Å². The van der Waals surface area contributed by atoms with Gasteiger partial charge in [0.2, 0.25) is 5.91 Å². The van der Waals surface area contributed by atoms with Crippen LogP contribution in [0.2, 0.25) is 0 Å².